The lowest BCUT2D eigenvalue weighted by molar-refractivity contribution is -0.870. The zero-order chi connectivity index (χ0) is 12.9. The predicted molar refractivity (Wildman–Crippen MR) is 66.8 cm³/mol. The Morgan fingerprint density at radius 3 is 2.53 bits per heavy atom. The Morgan fingerprint density at radius 1 is 1.29 bits per heavy atom. The first-order valence-corrected chi connectivity index (χ1v) is 6.51. The lowest BCUT2D eigenvalue weighted by atomic mass is 9.80. The lowest BCUT2D eigenvalue weighted by Crippen LogP contribution is -2.38. The quantitative estimate of drug-likeness (QED) is 0.570. The third-order valence-corrected chi connectivity index (χ3v) is 3.46. The van der Waals surface area contributed by atoms with Crippen molar-refractivity contribution in [3.8, 4) is 0 Å². The van der Waals surface area contributed by atoms with Crippen molar-refractivity contribution in [2.45, 2.75) is 25.7 Å². The lowest BCUT2D eigenvalue weighted by Gasteiger charge is -2.29. The number of carboxylic acids is 1. The van der Waals surface area contributed by atoms with Gasteiger partial charge in [-0.1, -0.05) is 12.8 Å². The summed E-state index contributed by atoms with van der Waals surface area (Å²) in [4.78, 5) is 11.1. The average Bonchev–Trinajstić information content (AvgIpc) is 2.23. The SMILES string of the molecule is C[N+](C)(C)CCOCC1CCCCC1C(=O)O. The van der Waals surface area contributed by atoms with Crippen LogP contribution in [0, 0.1) is 11.8 Å². The van der Waals surface area contributed by atoms with Gasteiger partial charge in [-0.3, -0.25) is 4.79 Å². The normalized spacial score (nSPS) is 25.8. The molecule has 0 spiro atoms. The summed E-state index contributed by atoms with van der Waals surface area (Å²) < 4.78 is 6.53. The molecule has 1 rings (SSSR count). The van der Waals surface area contributed by atoms with Crippen LogP contribution in [0.25, 0.3) is 0 Å². The summed E-state index contributed by atoms with van der Waals surface area (Å²) in [6.07, 6.45) is 4.01. The van der Waals surface area contributed by atoms with E-state index in [1.807, 2.05) is 0 Å². The Bertz CT molecular complexity index is 248. The highest BCUT2D eigenvalue weighted by Gasteiger charge is 2.30. The molecule has 0 saturated heterocycles. The smallest absolute Gasteiger partial charge is 0.306 e. The van der Waals surface area contributed by atoms with Gasteiger partial charge in [-0.05, 0) is 18.8 Å². The molecule has 0 heterocycles. The zero-order valence-electron chi connectivity index (χ0n) is 11.3. The second-order valence-corrected chi connectivity index (χ2v) is 6.08. The molecule has 0 aliphatic heterocycles. The van der Waals surface area contributed by atoms with E-state index in [0.717, 1.165) is 36.7 Å². The van der Waals surface area contributed by atoms with Crippen LogP contribution >= 0.6 is 0 Å². The summed E-state index contributed by atoms with van der Waals surface area (Å²) in [6, 6.07) is 0. The van der Waals surface area contributed by atoms with Gasteiger partial charge in [-0.15, -0.1) is 0 Å². The predicted octanol–water partition coefficient (Wildman–Crippen LogP) is 1.60. The van der Waals surface area contributed by atoms with Crippen LogP contribution in [0.3, 0.4) is 0 Å². The number of carboxylic acid groups (broad SMARTS) is 1. The number of nitrogens with zero attached hydrogens (tertiary/aromatic N) is 1. The van der Waals surface area contributed by atoms with Gasteiger partial charge in [0.1, 0.15) is 6.54 Å². The highest BCUT2D eigenvalue weighted by Crippen LogP contribution is 2.30. The fraction of sp³-hybridized carbons (Fsp3) is 0.923. The van der Waals surface area contributed by atoms with E-state index in [1.54, 1.807) is 0 Å². The largest absolute Gasteiger partial charge is 0.481 e. The summed E-state index contributed by atoms with van der Waals surface area (Å²) in [5.41, 5.74) is 0. The van der Waals surface area contributed by atoms with E-state index in [0.29, 0.717) is 13.2 Å². The average molecular weight is 244 g/mol. The highest BCUT2D eigenvalue weighted by atomic mass is 16.5. The van der Waals surface area contributed by atoms with Crippen molar-refractivity contribution in [2.75, 3.05) is 40.9 Å². The molecule has 1 aliphatic rings. The number of carbonyl (C=O) groups is 1. The van der Waals surface area contributed by atoms with E-state index in [4.69, 9.17) is 9.84 Å². The molecule has 2 unspecified atom stereocenters. The molecule has 1 saturated carbocycles. The number of rotatable bonds is 6. The standard InChI is InChI=1S/C13H25NO3/c1-14(2,3)8-9-17-10-11-6-4-5-7-12(11)13(15)16/h11-12H,4-10H2,1-3H3/p+1. The monoisotopic (exact) mass is 244 g/mol. The van der Waals surface area contributed by atoms with Gasteiger partial charge in [0.05, 0.1) is 40.3 Å². The van der Waals surface area contributed by atoms with Crippen molar-refractivity contribution in [3.63, 3.8) is 0 Å². The molecule has 4 heteroatoms. The van der Waals surface area contributed by atoms with E-state index in [2.05, 4.69) is 21.1 Å². The summed E-state index contributed by atoms with van der Waals surface area (Å²) in [7, 11) is 6.39. The molecule has 17 heavy (non-hydrogen) atoms. The molecule has 0 aromatic carbocycles. The number of aliphatic carboxylic acids is 1. The molecule has 0 amide bonds. The molecule has 0 aromatic heterocycles. The first-order valence-electron chi connectivity index (χ1n) is 6.51. The maximum Gasteiger partial charge on any atom is 0.306 e. The minimum atomic E-state index is -0.648. The van der Waals surface area contributed by atoms with Gasteiger partial charge < -0.3 is 14.3 Å². The fourth-order valence-corrected chi connectivity index (χ4v) is 2.31. The molecule has 1 N–H and O–H groups in total. The molecule has 2 atom stereocenters. The summed E-state index contributed by atoms with van der Waals surface area (Å²) in [5.74, 6) is -0.619. The topological polar surface area (TPSA) is 46.5 Å². The van der Waals surface area contributed by atoms with Crippen LogP contribution in [0.1, 0.15) is 25.7 Å². The van der Waals surface area contributed by atoms with Gasteiger partial charge >= 0.3 is 5.97 Å². The maximum absolute atomic E-state index is 11.1. The summed E-state index contributed by atoms with van der Waals surface area (Å²) in [6.45, 7) is 2.29. The Labute approximate surface area is 104 Å². The van der Waals surface area contributed by atoms with Crippen LogP contribution in [-0.2, 0) is 9.53 Å². The Morgan fingerprint density at radius 2 is 1.94 bits per heavy atom. The highest BCUT2D eigenvalue weighted by molar-refractivity contribution is 5.70. The number of hydrogen-bond donors (Lipinski definition) is 1. The van der Waals surface area contributed by atoms with E-state index < -0.39 is 5.97 Å². The van der Waals surface area contributed by atoms with Gasteiger partial charge in [0, 0.05) is 0 Å². The third-order valence-electron chi connectivity index (χ3n) is 3.46. The first kappa shape index (κ1) is 14.5. The van der Waals surface area contributed by atoms with E-state index in [1.165, 1.54) is 0 Å². The first-order chi connectivity index (χ1) is 7.90. The number of hydrogen-bond acceptors (Lipinski definition) is 2. The molecule has 0 bridgehead atoms. The molecule has 0 aromatic rings. The zero-order valence-corrected chi connectivity index (χ0v) is 11.3. The molecule has 0 radical (unpaired) electrons. The van der Waals surface area contributed by atoms with Crippen LogP contribution < -0.4 is 0 Å². The second kappa shape index (κ2) is 6.36. The van der Waals surface area contributed by atoms with Gasteiger partial charge in [-0.25, -0.2) is 0 Å². The van der Waals surface area contributed by atoms with Gasteiger partial charge in [0.2, 0.25) is 0 Å². The number of ether oxygens (including phenoxy) is 1. The Kier molecular flexibility index (Phi) is 5.40. The van der Waals surface area contributed by atoms with Crippen LogP contribution in [0.2, 0.25) is 0 Å². The maximum atomic E-state index is 11.1. The van der Waals surface area contributed by atoms with Crippen molar-refractivity contribution in [1.82, 2.24) is 0 Å². The van der Waals surface area contributed by atoms with Crippen molar-refractivity contribution in [2.24, 2.45) is 11.8 Å². The van der Waals surface area contributed by atoms with Crippen LogP contribution in [0.15, 0.2) is 0 Å². The second-order valence-electron chi connectivity index (χ2n) is 6.08. The molecular weight excluding hydrogens is 218 g/mol. The van der Waals surface area contributed by atoms with Crippen molar-refractivity contribution < 1.29 is 19.1 Å². The van der Waals surface area contributed by atoms with Crippen LogP contribution in [-0.4, -0.2) is 56.5 Å². The van der Waals surface area contributed by atoms with Crippen LogP contribution in [0.4, 0.5) is 0 Å². The van der Waals surface area contributed by atoms with Crippen molar-refractivity contribution >= 4 is 5.97 Å². The van der Waals surface area contributed by atoms with Crippen LogP contribution in [0.5, 0.6) is 0 Å². The molecule has 1 aliphatic carbocycles. The van der Waals surface area contributed by atoms with E-state index >= 15 is 0 Å². The summed E-state index contributed by atoms with van der Waals surface area (Å²) >= 11 is 0. The molecular formula is C13H26NO3+. The third kappa shape index (κ3) is 5.50. The number of likely N-dealkylation sites (N-methyl/N-ethyl adjacent to an activating group) is 1. The minimum Gasteiger partial charge on any atom is -0.481 e. The molecule has 1 fully saturated rings. The molecule has 100 valence electrons. The van der Waals surface area contributed by atoms with E-state index in [-0.39, 0.29) is 11.8 Å². The Balaban J connectivity index is 2.26. The van der Waals surface area contributed by atoms with Gasteiger partial charge in [-0.2, -0.15) is 0 Å². The Hall–Kier alpha value is -0.610. The summed E-state index contributed by atoms with van der Waals surface area (Å²) in [5, 5.41) is 9.14. The minimum absolute atomic E-state index is 0.187. The van der Waals surface area contributed by atoms with Crippen molar-refractivity contribution in [3.05, 3.63) is 0 Å². The van der Waals surface area contributed by atoms with E-state index in [9.17, 15) is 4.79 Å². The molecule has 4 nitrogen and oxygen atoms in total. The fourth-order valence-electron chi connectivity index (χ4n) is 2.31. The number of quaternary nitrogens is 1. The van der Waals surface area contributed by atoms with Gasteiger partial charge in [0.15, 0.2) is 0 Å². The van der Waals surface area contributed by atoms with Crippen molar-refractivity contribution in [1.29, 1.82) is 0 Å². The van der Waals surface area contributed by atoms with Gasteiger partial charge in [0.25, 0.3) is 0 Å².